The second-order valence-corrected chi connectivity index (χ2v) is 8.02. The smallest absolute Gasteiger partial charge is 0.289 e. The average Bonchev–Trinajstić information content (AvgIpc) is 3.38. The van der Waals surface area contributed by atoms with Gasteiger partial charge in [0.15, 0.2) is 10.9 Å². The first-order chi connectivity index (χ1) is 14.1. The van der Waals surface area contributed by atoms with E-state index in [1.807, 2.05) is 23.9 Å². The van der Waals surface area contributed by atoms with Gasteiger partial charge in [-0.3, -0.25) is 9.59 Å². The van der Waals surface area contributed by atoms with E-state index >= 15 is 0 Å². The number of amides is 2. The van der Waals surface area contributed by atoms with E-state index in [0.29, 0.717) is 50.6 Å². The maximum absolute atomic E-state index is 12.7. The number of hydrogen-bond donors (Lipinski definition) is 1. The molecule has 0 aromatic carbocycles. The number of thioether (sulfide) groups is 1. The SMILES string of the molecule is COCCCNC(=O)C1CCN(C(=O)c2ccc(CSc3nccn3C)o2)CC1. The van der Waals surface area contributed by atoms with E-state index in [9.17, 15) is 9.59 Å². The first-order valence-electron chi connectivity index (χ1n) is 9.83. The van der Waals surface area contributed by atoms with E-state index in [-0.39, 0.29) is 17.7 Å². The zero-order valence-electron chi connectivity index (χ0n) is 16.9. The molecule has 2 amide bonds. The molecule has 1 fully saturated rings. The Balaban J connectivity index is 1.44. The normalized spacial score (nSPS) is 14.9. The van der Waals surface area contributed by atoms with Gasteiger partial charge in [0.2, 0.25) is 5.91 Å². The highest BCUT2D eigenvalue weighted by Gasteiger charge is 2.28. The zero-order valence-corrected chi connectivity index (χ0v) is 17.7. The van der Waals surface area contributed by atoms with Gasteiger partial charge in [-0.15, -0.1) is 0 Å². The van der Waals surface area contributed by atoms with Crippen LogP contribution >= 0.6 is 11.8 Å². The summed E-state index contributed by atoms with van der Waals surface area (Å²) < 4.78 is 12.7. The summed E-state index contributed by atoms with van der Waals surface area (Å²) in [5.41, 5.74) is 0. The van der Waals surface area contributed by atoms with Crippen LogP contribution in [0.5, 0.6) is 0 Å². The maximum atomic E-state index is 12.7. The third-order valence-corrected chi connectivity index (χ3v) is 6.05. The van der Waals surface area contributed by atoms with Crippen LogP contribution in [-0.2, 0) is 22.3 Å². The molecule has 8 nitrogen and oxygen atoms in total. The molecule has 1 aliphatic heterocycles. The number of carbonyl (C=O) groups is 2. The lowest BCUT2D eigenvalue weighted by Crippen LogP contribution is -2.43. The molecule has 1 saturated heterocycles. The van der Waals surface area contributed by atoms with Crippen molar-refractivity contribution in [3.8, 4) is 0 Å². The summed E-state index contributed by atoms with van der Waals surface area (Å²) in [6.45, 7) is 2.38. The van der Waals surface area contributed by atoms with Gasteiger partial charge in [0.05, 0.1) is 5.75 Å². The third-order valence-electron chi connectivity index (χ3n) is 4.97. The minimum atomic E-state index is -0.114. The summed E-state index contributed by atoms with van der Waals surface area (Å²) in [7, 11) is 3.59. The maximum Gasteiger partial charge on any atom is 0.289 e. The number of likely N-dealkylation sites (tertiary alicyclic amines) is 1. The summed E-state index contributed by atoms with van der Waals surface area (Å²) in [4.78, 5) is 31.0. The first kappa shape index (κ1) is 21.4. The first-order valence-corrected chi connectivity index (χ1v) is 10.8. The summed E-state index contributed by atoms with van der Waals surface area (Å²) in [6.07, 6.45) is 5.79. The molecule has 1 aliphatic rings. The quantitative estimate of drug-likeness (QED) is 0.495. The van der Waals surface area contributed by atoms with Crippen LogP contribution in [0.25, 0.3) is 0 Å². The molecule has 3 rings (SSSR count). The van der Waals surface area contributed by atoms with E-state index in [4.69, 9.17) is 9.15 Å². The monoisotopic (exact) mass is 420 g/mol. The lowest BCUT2D eigenvalue weighted by molar-refractivity contribution is -0.126. The number of ether oxygens (including phenoxy) is 1. The van der Waals surface area contributed by atoms with Crippen molar-refractivity contribution < 1.29 is 18.7 Å². The van der Waals surface area contributed by atoms with Crippen LogP contribution < -0.4 is 5.32 Å². The summed E-state index contributed by atoms with van der Waals surface area (Å²) in [5.74, 6) is 1.62. The highest BCUT2D eigenvalue weighted by atomic mass is 32.2. The van der Waals surface area contributed by atoms with Crippen molar-refractivity contribution in [1.82, 2.24) is 19.8 Å². The Bertz CT molecular complexity index is 811. The van der Waals surface area contributed by atoms with Gasteiger partial charge in [0, 0.05) is 58.7 Å². The van der Waals surface area contributed by atoms with E-state index < -0.39 is 0 Å². The molecule has 3 heterocycles. The van der Waals surface area contributed by atoms with E-state index in [2.05, 4.69) is 10.3 Å². The largest absolute Gasteiger partial charge is 0.455 e. The molecule has 29 heavy (non-hydrogen) atoms. The molecule has 0 atom stereocenters. The number of carbonyl (C=O) groups excluding carboxylic acids is 2. The van der Waals surface area contributed by atoms with Gasteiger partial charge in [-0.2, -0.15) is 0 Å². The van der Waals surface area contributed by atoms with E-state index in [1.165, 1.54) is 0 Å². The van der Waals surface area contributed by atoms with Gasteiger partial charge in [0.25, 0.3) is 5.91 Å². The average molecular weight is 421 g/mol. The van der Waals surface area contributed by atoms with Crippen LogP contribution in [0.1, 0.15) is 35.6 Å². The van der Waals surface area contributed by atoms with Gasteiger partial charge >= 0.3 is 0 Å². The topological polar surface area (TPSA) is 89.6 Å². The lowest BCUT2D eigenvalue weighted by atomic mass is 9.95. The number of nitrogens with one attached hydrogen (secondary N) is 1. The van der Waals surface area contributed by atoms with Crippen LogP contribution in [0, 0.1) is 5.92 Å². The number of methoxy groups -OCH3 is 1. The number of imidazole rings is 1. The highest BCUT2D eigenvalue weighted by molar-refractivity contribution is 7.98. The molecule has 9 heteroatoms. The Morgan fingerprint density at radius 1 is 1.34 bits per heavy atom. The molecule has 0 saturated carbocycles. The van der Waals surface area contributed by atoms with Gasteiger partial charge in [-0.05, 0) is 31.4 Å². The molecule has 2 aromatic rings. The van der Waals surface area contributed by atoms with Gasteiger partial charge < -0.3 is 23.9 Å². The molecular weight excluding hydrogens is 392 g/mol. The van der Waals surface area contributed by atoms with Gasteiger partial charge in [-0.25, -0.2) is 4.98 Å². The second kappa shape index (κ2) is 10.5. The summed E-state index contributed by atoms with van der Waals surface area (Å²) in [6, 6.07) is 3.56. The molecule has 0 unspecified atom stereocenters. The van der Waals surface area contributed by atoms with Crippen LogP contribution in [0.15, 0.2) is 34.1 Å². The molecule has 2 aromatic heterocycles. The molecule has 158 valence electrons. The van der Waals surface area contributed by atoms with Crippen molar-refractivity contribution in [3.05, 3.63) is 36.0 Å². The standard InChI is InChI=1S/C20H28N4O4S/c1-23-12-9-22-20(23)29-14-16-4-5-17(28-16)19(26)24-10-6-15(7-11-24)18(25)21-8-3-13-27-2/h4-5,9,12,15H,3,6-8,10-11,13-14H2,1-2H3,(H,21,25). The van der Waals surface area contributed by atoms with Gasteiger partial charge in [0.1, 0.15) is 5.76 Å². The minimum absolute atomic E-state index is 0.0389. The Morgan fingerprint density at radius 3 is 2.83 bits per heavy atom. The molecule has 0 bridgehead atoms. The van der Waals surface area contributed by atoms with E-state index in [1.54, 1.807) is 36.0 Å². The van der Waals surface area contributed by atoms with Crippen molar-refractivity contribution in [2.24, 2.45) is 13.0 Å². The van der Waals surface area contributed by atoms with Crippen molar-refractivity contribution >= 4 is 23.6 Å². The predicted molar refractivity (Wildman–Crippen MR) is 110 cm³/mol. The number of aryl methyl sites for hydroxylation is 1. The lowest BCUT2D eigenvalue weighted by Gasteiger charge is -2.30. The molecule has 0 radical (unpaired) electrons. The summed E-state index contributed by atoms with van der Waals surface area (Å²) in [5, 5.41) is 3.85. The third kappa shape index (κ3) is 5.86. The second-order valence-electron chi connectivity index (χ2n) is 7.08. The van der Waals surface area contributed by atoms with Crippen molar-refractivity contribution in [3.63, 3.8) is 0 Å². The van der Waals surface area contributed by atoms with Crippen LogP contribution in [0.4, 0.5) is 0 Å². The number of aromatic nitrogens is 2. The fraction of sp³-hybridized carbons (Fsp3) is 0.550. The fourth-order valence-electron chi connectivity index (χ4n) is 3.27. The number of rotatable bonds is 9. The number of furan rings is 1. The van der Waals surface area contributed by atoms with Crippen LogP contribution in [-0.4, -0.2) is 59.6 Å². The zero-order chi connectivity index (χ0) is 20.6. The van der Waals surface area contributed by atoms with Gasteiger partial charge in [-0.1, -0.05) is 11.8 Å². The number of piperidine rings is 1. The molecule has 0 aliphatic carbocycles. The number of hydrogen-bond acceptors (Lipinski definition) is 6. The Labute approximate surface area is 175 Å². The fourth-order valence-corrected chi connectivity index (χ4v) is 4.10. The van der Waals surface area contributed by atoms with Crippen molar-refractivity contribution in [1.29, 1.82) is 0 Å². The number of nitrogens with zero attached hydrogens (tertiary/aromatic N) is 3. The highest BCUT2D eigenvalue weighted by Crippen LogP contribution is 2.24. The van der Waals surface area contributed by atoms with Crippen molar-refractivity contribution in [2.75, 3.05) is 33.4 Å². The molecular formula is C20H28N4O4S. The summed E-state index contributed by atoms with van der Waals surface area (Å²) >= 11 is 1.56. The molecule has 0 spiro atoms. The van der Waals surface area contributed by atoms with Crippen LogP contribution in [0.2, 0.25) is 0 Å². The Hall–Kier alpha value is -2.26. The van der Waals surface area contributed by atoms with Crippen LogP contribution in [0.3, 0.4) is 0 Å². The minimum Gasteiger partial charge on any atom is -0.455 e. The Morgan fingerprint density at radius 2 is 2.14 bits per heavy atom. The Kier molecular flexibility index (Phi) is 7.76. The molecule has 1 N–H and O–H groups in total. The van der Waals surface area contributed by atoms with E-state index in [0.717, 1.165) is 17.3 Å². The predicted octanol–water partition coefficient (Wildman–Crippen LogP) is 2.31. The van der Waals surface area contributed by atoms with Crippen molar-refractivity contribution in [2.45, 2.75) is 30.2 Å².